The van der Waals surface area contributed by atoms with Gasteiger partial charge in [-0.15, -0.1) is 0 Å². The number of aromatic nitrogens is 2. The molecule has 5 nitrogen and oxygen atoms in total. The Labute approximate surface area is 170 Å². The maximum Gasteiger partial charge on any atom is 0.416 e. The molecule has 0 N–H and O–H groups in total. The van der Waals surface area contributed by atoms with Crippen LogP contribution >= 0.6 is 0 Å². The molecule has 0 bridgehead atoms. The minimum Gasteiger partial charge on any atom is -0.492 e. The maximum atomic E-state index is 13.1. The molecular formula is C22H19F3N2O3. The van der Waals surface area contributed by atoms with Crippen LogP contribution in [0.5, 0.6) is 11.5 Å². The van der Waals surface area contributed by atoms with Crippen LogP contribution in [0.25, 0.3) is 22.6 Å². The number of ether oxygens (including phenoxy) is 2. The minimum atomic E-state index is -4.50. The van der Waals surface area contributed by atoms with Gasteiger partial charge in [0.1, 0.15) is 5.82 Å². The van der Waals surface area contributed by atoms with Crippen LogP contribution in [-0.2, 0) is 12.7 Å². The lowest BCUT2D eigenvalue weighted by Gasteiger charge is -2.12. The van der Waals surface area contributed by atoms with E-state index in [2.05, 4.69) is 4.98 Å². The molecular weight excluding hydrogens is 397 g/mol. The van der Waals surface area contributed by atoms with Crippen LogP contribution in [0.1, 0.15) is 30.3 Å². The predicted molar refractivity (Wildman–Crippen MR) is 108 cm³/mol. The lowest BCUT2D eigenvalue weighted by Crippen LogP contribution is -2.21. The van der Waals surface area contributed by atoms with E-state index in [0.717, 1.165) is 23.3 Å². The van der Waals surface area contributed by atoms with E-state index in [4.69, 9.17) is 9.47 Å². The molecule has 1 aliphatic heterocycles. The molecule has 0 unspecified atom stereocenters. The molecule has 0 radical (unpaired) electrons. The second-order valence-corrected chi connectivity index (χ2v) is 6.85. The molecule has 30 heavy (non-hydrogen) atoms. The highest BCUT2D eigenvalue weighted by molar-refractivity contribution is 5.86. The van der Waals surface area contributed by atoms with E-state index < -0.39 is 11.7 Å². The molecule has 1 aliphatic rings. The largest absolute Gasteiger partial charge is 0.492 e. The molecule has 0 amide bonds. The van der Waals surface area contributed by atoms with E-state index in [1.54, 1.807) is 6.07 Å². The SMILES string of the molecule is CCOc1cccc(/C=C2\CCn3c2nc2cc(C(F)(F)F)ccc2c3=O)c1OC. The van der Waals surface area contributed by atoms with Gasteiger partial charge in [0.2, 0.25) is 0 Å². The lowest BCUT2D eigenvalue weighted by molar-refractivity contribution is -0.137. The number of benzene rings is 2. The van der Waals surface area contributed by atoms with Gasteiger partial charge in [-0.2, -0.15) is 13.2 Å². The van der Waals surface area contributed by atoms with Crippen molar-refractivity contribution in [3.05, 3.63) is 63.7 Å². The van der Waals surface area contributed by atoms with Gasteiger partial charge in [-0.1, -0.05) is 12.1 Å². The van der Waals surface area contributed by atoms with Crippen LogP contribution in [0.4, 0.5) is 13.2 Å². The van der Waals surface area contributed by atoms with Crippen molar-refractivity contribution in [1.82, 2.24) is 9.55 Å². The minimum absolute atomic E-state index is 0.0314. The van der Waals surface area contributed by atoms with Gasteiger partial charge in [0.15, 0.2) is 11.5 Å². The third-order valence-corrected chi connectivity index (χ3v) is 5.02. The summed E-state index contributed by atoms with van der Waals surface area (Å²) in [6, 6.07) is 8.49. The van der Waals surface area contributed by atoms with Crippen molar-refractivity contribution >= 4 is 22.6 Å². The maximum absolute atomic E-state index is 13.1. The first-order chi connectivity index (χ1) is 14.3. The van der Waals surface area contributed by atoms with Gasteiger partial charge in [0.25, 0.3) is 5.56 Å². The number of hydrogen-bond acceptors (Lipinski definition) is 4. The Kier molecular flexibility index (Phi) is 5.01. The van der Waals surface area contributed by atoms with Crippen LogP contribution in [0.3, 0.4) is 0 Å². The van der Waals surface area contributed by atoms with Crippen molar-refractivity contribution in [2.24, 2.45) is 0 Å². The predicted octanol–water partition coefficient (Wildman–Crippen LogP) is 4.77. The fraction of sp³-hybridized carbons (Fsp3) is 0.273. The standard InChI is InChI=1S/C22H19F3N2O3/c1-3-30-18-6-4-5-13(19(18)29-2)11-14-9-10-27-20(14)26-17-12-15(22(23,24)25)7-8-16(17)21(27)28/h4-8,11-12H,3,9-10H2,1-2H3/b14-11+. The van der Waals surface area contributed by atoms with E-state index in [1.165, 1.54) is 17.7 Å². The molecule has 0 spiro atoms. The molecule has 3 aromatic rings. The number of halogens is 3. The molecule has 0 saturated heterocycles. The quantitative estimate of drug-likeness (QED) is 0.615. The van der Waals surface area contributed by atoms with E-state index in [0.29, 0.717) is 36.9 Å². The van der Waals surface area contributed by atoms with Gasteiger partial charge in [0.05, 0.1) is 30.2 Å². The average molecular weight is 416 g/mol. The highest BCUT2D eigenvalue weighted by Crippen LogP contribution is 2.36. The first kappa shape index (κ1) is 20.0. The van der Waals surface area contributed by atoms with Gasteiger partial charge in [-0.3, -0.25) is 9.36 Å². The molecule has 0 aliphatic carbocycles. The molecule has 0 fully saturated rings. The van der Waals surface area contributed by atoms with Gasteiger partial charge in [-0.05, 0) is 49.3 Å². The third-order valence-electron chi connectivity index (χ3n) is 5.02. The van der Waals surface area contributed by atoms with Gasteiger partial charge < -0.3 is 9.47 Å². The summed E-state index contributed by atoms with van der Waals surface area (Å²) >= 11 is 0. The second-order valence-electron chi connectivity index (χ2n) is 6.85. The van der Waals surface area contributed by atoms with Crippen molar-refractivity contribution in [1.29, 1.82) is 0 Å². The summed E-state index contributed by atoms with van der Waals surface area (Å²) in [5.41, 5.74) is 0.344. The van der Waals surface area contributed by atoms with Crippen molar-refractivity contribution in [3.63, 3.8) is 0 Å². The van der Waals surface area contributed by atoms with Crippen LogP contribution in [0, 0.1) is 0 Å². The molecule has 0 atom stereocenters. The van der Waals surface area contributed by atoms with Crippen molar-refractivity contribution in [2.75, 3.05) is 13.7 Å². The van der Waals surface area contributed by atoms with E-state index in [9.17, 15) is 18.0 Å². The molecule has 2 heterocycles. The number of fused-ring (bicyclic) bond motifs is 2. The smallest absolute Gasteiger partial charge is 0.416 e. The summed E-state index contributed by atoms with van der Waals surface area (Å²) in [5.74, 6) is 1.51. The fourth-order valence-electron chi connectivity index (χ4n) is 3.65. The molecule has 4 rings (SSSR count). The van der Waals surface area contributed by atoms with Gasteiger partial charge in [0, 0.05) is 12.1 Å². The first-order valence-corrected chi connectivity index (χ1v) is 9.46. The monoisotopic (exact) mass is 416 g/mol. The van der Waals surface area contributed by atoms with Crippen LogP contribution < -0.4 is 15.0 Å². The fourth-order valence-corrected chi connectivity index (χ4v) is 3.65. The second kappa shape index (κ2) is 7.51. The van der Waals surface area contributed by atoms with Crippen LogP contribution in [-0.4, -0.2) is 23.3 Å². The highest BCUT2D eigenvalue weighted by atomic mass is 19.4. The summed E-state index contributed by atoms with van der Waals surface area (Å²) in [6.07, 6.45) is -2.13. The van der Waals surface area contributed by atoms with E-state index >= 15 is 0 Å². The van der Waals surface area contributed by atoms with E-state index in [-0.39, 0.29) is 16.5 Å². The Morgan fingerprint density at radius 3 is 2.73 bits per heavy atom. The van der Waals surface area contributed by atoms with Gasteiger partial charge in [-0.25, -0.2) is 4.98 Å². The molecule has 2 aromatic carbocycles. The third kappa shape index (κ3) is 3.42. The van der Waals surface area contributed by atoms with E-state index in [1.807, 2.05) is 25.1 Å². The normalized spacial score (nSPS) is 14.9. The Bertz CT molecular complexity index is 1210. The van der Waals surface area contributed by atoms with Crippen molar-refractivity contribution in [2.45, 2.75) is 26.1 Å². The highest BCUT2D eigenvalue weighted by Gasteiger charge is 2.31. The Hall–Kier alpha value is -3.29. The van der Waals surface area contributed by atoms with Crippen LogP contribution in [0.15, 0.2) is 41.2 Å². The Balaban J connectivity index is 1.86. The number of alkyl halides is 3. The molecule has 1 aromatic heterocycles. The molecule has 156 valence electrons. The molecule has 0 saturated carbocycles. The zero-order chi connectivity index (χ0) is 21.5. The summed E-state index contributed by atoms with van der Waals surface area (Å²) in [6.45, 7) is 2.76. The lowest BCUT2D eigenvalue weighted by atomic mass is 10.1. The number of methoxy groups -OCH3 is 1. The number of nitrogens with zero attached hydrogens (tertiary/aromatic N) is 2. The summed E-state index contributed by atoms with van der Waals surface area (Å²) < 4.78 is 51.9. The van der Waals surface area contributed by atoms with Crippen LogP contribution in [0.2, 0.25) is 0 Å². The topological polar surface area (TPSA) is 53.4 Å². The number of para-hydroxylation sites is 1. The zero-order valence-corrected chi connectivity index (χ0v) is 16.4. The summed E-state index contributed by atoms with van der Waals surface area (Å²) in [7, 11) is 1.54. The first-order valence-electron chi connectivity index (χ1n) is 9.46. The van der Waals surface area contributed by atoms with Crippen molar-refractivity contribution in [3.8, 4) is 11.5 Å². The average Bonchev–Trinajstić information content (AvgIpc) is 3.10. The Morgan fingerprint density at radius 1 is 1.23 bits per heavy atom. The Morgan fingerprint density at radius 2 is 2.03 bits per heavy atom. The van der Waals surface area contributed by atoms with Gasteiger partial charge >= 0.3 is 6.18 Å². The number of allylic oxidation sites excluding steroid dienone is 1. The summed E-state index contributed by atoms with van der Waals surface area (Å²) in [4.78, 5) is 17.2. The zero-order valence-electron chi connectivity index (χ0n) is 16.4. The number of hydrogen-bond donors (Lipinski definition) is 0. The number of rotatable bonds is 4. The molecule has 8 heteroatoms. The summed E-state index contributed by atoms with van der Waals surface area (Å²) in [5, 5.41) is 0.170. The van der Waals surface area contributed by atoms with Crippen molar-refractivity contribution < 1.29 is 22.6 Å².